The highest BCUT2D eigenvalue weighted by molar-refractivity contribution is 7.92. The number of benzene rings is 1. The van der Waals surface area contributed by atoms with Gasteiger partial charge in [0.15, 0.2) is 0 Å². The van der Waals surface area contributed by atoms with Crippen molar-refractivity contribution in [1.82, 2.24) is 9.97 Å². The lowest BCUT2D eigenvalue weighted by atomic mass is 9.93. The van der Waals surface area contributed by atoms with Gasteiger partial charge in [-0.1, -0.05) is 0 Å². The second-order valence-corrected chi connectivity index (χ2v) is 13.0. The van der Waals surface area contributed by atoms with E-state index in [0.717, 1.165) is 31.6 Å². The van der Waals surface area contributed by atoms with Crippen LogP contribution in [0.4, 0.5) is 23.1 Å². The van der Waals surface area contributed by atoms with E-state index in [0.29, 0.717) is 47.3 Å². The maximum Gasteiger partial charge on any atom is 0.258 e. The minimum absolute atomic E-state index is 0.0988. The summed E-state index contributed by atoms with van der Waals surface area (Å²) in [4.78, 5) is 27.2. The van der Waals surface area contributed by atoms with E-state index in [4.69, 9.17) is 9.84 Å². The van der Waals surface area contributed by atoms with Crippen molar-refractivity contribution >= 4 is 39.1 Å². The summed E-state index contributed by atoms with van der Waals surface area (Å²) in [7, 11) is -3.70. The van der Waals surface area contributed by atoms with Crippen molar-refractivity contribution in [2.75, 3.05) is 58.5 Å². The lowest BCUT2D eigenvalue weighted by molar-refractivity contribution is 0.0747. The Morgan fingerprint density at radius 1 is 1.10 bits per heavy atom. The summed E-state index contributed by atoms with van der Waals surface area (Å²) in [6, 6.07) is 6.87. The smallest absolute Gasteiger partial charge is 0.258 e. The predicted octanol–water partition coefficient (Wildman–Crippen LogP) is 2.77. The molecule has 1 aliphatic carbocycles. The average Bonchev–Trinajstić information content (AvgIpc) is 3.62. The molecule has 1 saturated carbocycles. The molecule has 39 heavy (non-hydrogen) atoms. The zero-order valence-corrected chi connectivity index (χ0v) is 23.6. The topological polar surface area (TPSA) is 137 Å². The third kappa shape index (κ3) is 6.28. The van der Waals surface area contributed by atoms with Crippen LogP contribution in [0.1, 0.15) is 55.6 Å². The fourth-order valence-corrected chi connectivity index (χ4v) is 6.44. The van der Waals surface area contributed by atoms with Gasteiger partial charge >= 0.3 is 0 Å². The molecule has 2 aromatic rings. The van der Waals surface area contributed by atoms with Gasteiger partial charge in [0.2, 0.25) is 16.0 Å². The highest BCUT2D eigenvalue weighted by atomic mass is 32.2. The SMILES string of the molecule is Cc1cc(NC(=O)c2ccc(NS(=O)(=O)CCO)cc2N2CCC3(CC2)CC3)nc(N2[C@H](C)COC[C@H]2C)n1. The highest BCUT2D eigenvalue weighted by Gasteiger charge is 2.44. The number of hydrogen-bond donors (Lipinski definition) is 3. The van der Waals surface area contributed by atoms with Crippen molar-refractivity contribution in [2.24, 2.45) is 5.41 Å². The molecule has 2 saturated heterocycles. The van der Waals surface area contributed by atoms with Gasteiger partial charge in [-0.25, -0.2) is 13.4 Å². The van der Waals surface area contributed by atoms with Crippen molar-refractivity contribution in [1.29, 1.82) is 0 Å². The number of carbonyl (C=O) groups excluding carboxylic acids is 1. The molecule has 212 valence electrons. The van der Waals surface area contributed by atoms with Crippen LogP contribution in [0.3, 0.4) is 0 Å². The van der Waals surface area contributed by atoms with Crippen LogP contribution in [0, 0.1) is 12.3 Å². The Bertz CT molecular complexity index is 1310. The predicted molar refractivity (Wildman–Crippen MR) is 151 cm³/mol. The first-order valence-corrected chi connectivity index (χ1v) is 15.3. The fraction of sp³-hybridized carbons (Fsp3) is 0.593. The van der Waals surface area contributed by atoms with Crippen LogP contribution in [0.25, 0.3) is 0 Å². The minimum Gasteiger partial charge on any atom is -0.395 e. The van der Waals surface area contributed by atoms with E-state index < -0.39 is 22.4 Å². The molecule has 1 aromatic heterocycles. The van der Waals surface area contributed by atoms with Gasteiger partial charge in [0.25, 0.3) is 5.91 Å². The van der Waals surface area contributed by atoms with Crippen LogP contribution in [-0.2, 0) is 14.8 Å². The first kappa shape index (κ1) is 27.6. The molecule has 3 heterocycles. The highest BCUT2D eigenvalue weighted by Crippen LogP contribution is 2.54. The summed E-state index contributed by atoms with van der Waals surface area (Å²) < 4.78 is 32.7. The maximum atomic E-state index is 13.6. The summed E-state index contributed by atoms with van der Waals surface area (Å²) >= 11 is 0. The molecule has 5 rings (SSSR count). The number of rotatable bonds is 8. The second-order valence-electron chi connectivity index (χ2n) is 11.2. The van der Waals surface area contributed by atoms with Crippen molar-refractivity contribution in [3.8, 4) is 0 Å². The number of hydrogen-bond acceptors (Lipinski definition) is 9. The number of ether oxygens (including phenoxy) is 1. The lowest BCUT2D eigenvalue weighted by Crippen LogP contribution is -2.50. The Morgan fingerprint density at radius 2 is 1.79 bits per heavy atom. The third-order valence-electron chi connectivity index (χ3n) is 7.98. The fourth-order valence-electron chi connectivity index (χ4n) is 5.61. The monoisotopic (exact) mass is 558 g/mol. The van der Waals surface area contributed by atoms with E-state index in [1.54, 1.807) is 24.3 Å². The number of morpholine rings is 1. The molecule has 0 bridgehead atoms. The quantitative estimate of drug-likeness (QED) is 0.447. The molecule has 0 radical (unpaired) electrons. The van der Waals surface area contributed by atoms with Crippen LogP contribution in [0.5, 0.6) is 0 Å². The van der Waals surface area contributed by atoms with Gasteiger partial charge in [-0.05, 0) is 70.1 Å². The lowest BCUT2D eigenvalue weighted by Gasteiger charge is -2.38. The number of piperidine rings is 1. The number of aliphatic hydroxyl groups excluding tert-OH is 1. The number of anilines is 4. The van der Waals surface area contributed by atoms with Crippen LogP contribution in [-0.4, -0.2) is 80.1 Å². The molecule has 1 spiro atoms. The van der Waals surface area contributed by atoms with Crippen molar-refractivity contribution in [3.63, 3.8) is 0 Å². The van der Waals surface area contributed by atoms with Crippen LogP contribution < -0.4 is 19.8 Å². The summed E-state index contributed by atoms with van der Waals surface area (Å²) in [5, 5.41) is 12.1. The number of nitrogens with one attached hydrogen (secondary N) is 2. The van der Waals surface area contributed by atoms with Crippen LogP contribution in [0.15, 0.2) is 24.3 Å². The van der Waals surface area contributed by atoms with Gasteiger partial charge < -0.3 is 25.0 Å². The molecule has 11 nitrogen and oxygen atoms in total. The van der Waals surface area contributed by atoms with Crippen LogP contribution >= 0.6 is 0 Å². The first-order chi connectivity index (χ1) is 18.6. The molecule has 0 unspecified atom stereocenters. The summed E-state index contributed by atoms with van der Waals surface area (Å²) in [5.41, 5.74) is 2.66. The number of nitrogens with zero attached hydrogens (tertiary/aromatic N) is 4. The zero-order valence-electron chi connectivity index (χ0n) is 22.8. The molecular formula is C27H38N6O5S. The van der Waals surface area contributed by atoms with E-state index in [1.165, 1.54) is 12.8 Å². The largest absolute Gasteiger partial charge is 0.395 e. The number of aliphatic hydroxyl groups is 1. The molecular weight excluding hydrogens is 520 g/mol. The molecule has 1 amide bonds. The van der Waals surface area contributed by atoms with Crippen molar-refractivity contribution in [3.05, 3.63) is 35.5 Å². The Balaban J connectivity index is 1.42. The molecule has 3 aliphatic rings. The van der Waals surface area contributed by atoms with Gasteiger partial charge in [0.1, 0.15) is 5.82 Å². The van der Waals surface area contributed by atoms with E-state index in [2.05, 4.69) is 43.7 Å². The van der Waals surface area contributed by atoms with E-state index in [1.807, 2.05) is 6.92 Å². The molecule has 3 fully saturated rings. The molecule has 1 aromatic carbocycles. The van der Waals surface area contributed by atoms with Gasteiger partial charge in [0.05, 0.1) is 54.6 Å². The normalized spacial score (nSPS) is 22.6. The Morgan fingerprint density at radius 3 is 2.44 bits per heavy atom. The number of aromatic nitrogens is 2. The second kappa shape index (κ2) is 10.9. The standard InChI is InChI=1S/C27H38N6O5S/c1-18-14-24(30-26(28-18)33-19(2)16-38-17-20(33)3)29-25(35)22-5-4-21(31-39(36,37)13-12-34)15-23(22)32-10-8-27(6-7-27)9-11-32/h4-5,14-15,19-20,31,34H,6-13,16-17H2,1-3H3,(H,28,29,30,35)/t19-,20-/m1/s1. The van der Waals surface area contributed by atoms with Gasteiger partial charge in [0, 0.05) is 24.8 Å². The van der Waals surface area contributed by atoms with Gasteiger partial charge in [-0.2, -0.15) is 4.98 Å². The Hall–Kier alpha value is -2.96. The summed E-state index contributed by atoms with van der Waals surface area (Å²) in [5.74, 6) is 0.233. The number of amides is 1. The molecule has 3 N–H and O–H groups in total. The Labute approximate surface area is 230 Å². The van der Waals surface area contributed by atoms with Crippen molar-refractivity contribution < 1.29 is 23.1 Å². The van der Waals surface area contributed by atoms with Crippen LogP contribution in [0.2, 0.25) is 0 Å². The maximum absolute atomic E-state index is 13.6. The average molecular weight is 559 g/mol. The van der Waals surface area contributed by atoms with E-state index in [-0.39, 0.29) is 18.0 Å². The van der Waals surface area contributed by atoms with Gasteiger partial charge in [-0.15, -0.1) is 0 Å². The third-order valence-corrected chi connectivity index (χ3v) is 9.25. The van der Waals surface area contributed by atoms with E-state index >= 15 is 0 Å². The minimum atomic E-state index is -3.70. The number of sulfonamides is 1. The first-order valence-electron chi connectivity index (χ1n) is 13.6. The number of aryl methyl sites for hydroxylation is 1. The summed E-state index contributed by atoms with van der Waals surface area (Å²) in [6.45, 7) is 8.29. The molecule has 12 heteroatoms. The van der Waals surface area contributed by atoms with Crippen molar-refractivity contribution in [2.45, 2.75) is 58.5 Å². The number of carbonyl (C=O) groups is 1. The molecule has 2 atom stereocenters. The van der Waals surface area contributed by atoms with E-state index in [9.17, 15) is 13.2 Å². The summed E-state index contributed by atoms with van der Waals surface area (Å²) in [6.07, 6.45) is 4.62. The zero-order chi connectivity index (χ0) is 27.8. The Kier molecular flexibility index (Phi) is 7.71. The van der Waals surface area contributed by atoms with Gasteiger partial charge in [-0.3, -0.25) is 9.52 Å². The molecule has 2 aliphatic heterocycles.